The second kappa shape index (κ2) is 5.04. The number of carbonyl (C=O) groups excluding carboxylic acids is 1. The molecule has 1 aromatic rings. The van der Waals surface area contributed by atoms with Gasteiger partial charge < -0.3 is 10.0 Å². The summed E-state index contributed by atoms with van der Waals surface area (Å²) in [7, 11) is -3.88. The number of amides is 1. The molecule has 0 radical (unpaired) electrons. The number of nitrogens with two attached hydrogens (primary N) is 1. The Morgan fingerprint density at radius 3 is 2.60 bits per heavy atom. The van der Waals surface area contributed by atoms with E-state index in [1.54, 1.807) is 0 Å². The maximum atomic E-state index is 11.9. The summed E-state index contributed by atoms with van der Waals surface area (Å²) in [4.78, 5) is 24.1. The number of hydrogen-bond donors (Lipinski definition) is 2. The molecule has 1 fully saturated rings. The van der Waals surface area contributed by atoms with Crippen LogP contribution in [0.15, 0.2) is 18.2 Å². The third-order valence-corrected chi connectivity index (χ3v) is 4.59. The topological polar surface area (TPSA) is 118 Å². The highest BCUT2D eigenvalue weighted by molar-refractivity contribution is 7.89. The molecule has 1 atom stereocenters. The molecule has 9 heteroatoms. The van der Waals surface area contributed by atoms with Gasteiger partial charge in [-0.3, -0.25) is 4.79 Å². The number of sulfonamides is 1. The van der Waals surface area contributed by atoms with Crippen LogP contribution in [0.5, 0.6) is 0 Å². The standard InChI is InChI=1S/C11H11ClN2O5S/c12-8-3-1-2-7(11(16)17)10(8)14-5-6(4-9(14)15)20(13,18)19/h1-3,6H,4-5H2,(H,16,17)(H2,13,18,19). The van der Waals surface area contributed by atoms with E-state index in [2.05, 4.69) is 0 Å². The van der Waals surface area contributed by atoms with Crippen LogP contribution in [-0.2, 0) is 14.8 Å². The molecule has 3 N–H and O–H groups in total. The van der Waals surface area contributed by atoms with E-state index in [1.165, 1.54) is 18.2 Å². The molecule has 0 aromatic heterocycles. The lowest BCUT2D eigenvalue weighted by Gasteiger charge is -2.20. The number of hydrogen-bond acceptors (Lipinski definition) is 4. The molecule has 108 valence electrons. The van der Waals surface area contributed by atoms with E-state index < -0.39 is 27.1 Å². The Bertz CT molecular complexity index is 688. The molecule has 1 saturated heterocycles. The van der Waals surface area contributed by atoms with Gasteiger partial charge in [0.1, 0.15) is 5.25 Å². The zero-order chi connectivity index (χ0) is 15.1. The first kappa shape index (κ1) is 14.8. The average Bonchev–Trinajstić information content (AvgIpc) is 2.70. The minimum Gasteiger partial charge on any atom is -0.478 e. The quantitative estimate of drug-likeness (QED) is 0.838. The van der Waals surface area contributed by atoms with E-state index in [4.69, 9.17) is 21.8 Å². The predicted octanol–water partition coefficient (Wildman–Crippen LogP) is 0.432. The number of aromatic carboxylic acids is 1. The summed E-state index contributed by atoms with van der Waals surface area (Å²) in [6.07, 6.45) is -0.289. The van der Waals surface area contributed by atoms with E-state index in [1.807, 2.05) is 0 Å². The number of carboxylic acids is 1. The zero-order valence-corrected chi connectivity index (χ0v) is 11.7. The van der Waals surface area contributed by atoms with Gasteiger partial charge in [-0.05, 0) is 12.1 Å². The molecule has 1 aromatic carbocycles. The molecule has 1 aliphatic heterocycles. The first-order chi connectivity index (χ1) is 9.21. The van der Waals surface area contributed by atoms with Crippen molar-refractivity contribution in [1.29, 1.82) is 0 Å². The number of halogens is 1. The number of carbonyl (C=O) groups is 2. The first-order valence-corrected chi connectivity index (χ1v) is 7.54. The molecular formula is C11H11ClN2O5S. The van der Waals surface area contributed by atoms with Gasteiger partial charge in [0.2, 0.25) is 15.9 Å². The number of primary sulfonamides is 1. The van der Waals surface area contributed by atoms with Crippen LogP contribution in [-0.4, -0.2) is 37.2 Å². The molecule has 1 aliphatic rings. The van der Waals surface area contributed by atoms with Gasteiger partial charge in [-0.2, -0.15) is 0 Å². The van der Waals surface area contributed by atoms with Gasteiger partial charge in [0.15, 0.2) is 0 Å². The number of carboxylic acid groups (broad SMARTS) is 1. The van der Waals surface area contributed by atoms with Gasteiger partial charge in [0, 0.05) is 13.0 Å². The van der Waals surface area contributed by atoms with Crippen LogP contribution in [0.2, 0.25) is 5.02 Å². The number of benzene rings is 1. The van der Waals surface area contributed by atoms with Gasteiger partial charge >= 0.3 is 5.97 Å². The van der Waals surface area contributed by atoms with E-state index in [-0.39, 0.29) is 29.2 Å². The molecule has 0 bridgehead atoms. The molecule has 2 rings (SSSR count). The number of para-hydroxylation sites is 1. The molecule has 20 heavy (non-hydrogen) atoms. The highest BCUT2D eigenvalue weighted by Crippen LogP contribution is 2.34. The molecule has 0 saturated carbocycles. The second-order valence-electron chi connectivity index (χ2n) is 4.36. The summed E-state index contributed by atoms with van der Waals surface area (Å²) in [5.41, 5.74) is -0.168. The molecule has 1 heterocycles. The van der Waals surface area contributed by atoms with Crippen molar-refractivity contribution in [2.75, 3.05) is 11.4 Å². The summed E-state index contributed by atoms with van der Waals surface area (Å²) in [5, 5.41) is 13.1. The van der Waals surface area contributed by atoms with Gasteiger partial charge in [-0.1, -0.05) is 17.7 Å². The summed E-state index contributed by atoms with van der Waals surface area (Å²) in [5.74, 6) is -1.78. The number of nitrogens with zero attached hydrogens (tertiary/aromatic N) is 1. The largest absolute Gasteiger partial charge is 0.478 e. The minimum atomic E-state index is -3.88. The SMILES string of the molecule is NS(=O)(=O)C1CC(=O)N(c2c(Cl)cccc2C(=O)O)C1. The Hall–Kier alpha value is -1.64. The van der Waals surface area contributed by atoms with Crippen LogP contribution in [0.4, 0.5) is 5.69 Å². The second-order valence-corrected chi connectivity index (χ2v) is 6.61. The lowest BCUT2D eigenvalue weighted by molar-refractivity contribution is -0.117. The Kier molecular flexibility index (Phi) is 3.72. The highest BCUT2D eigenvalue weighted by atomic mass is 35.5. The third-order valence-electron chi connectivity index (χ3n) is 3.04. The van der Waals surface area contributed by atoms with Crippen LogP contribution in [0.1, 0.15) is 16.8 Å². The lowest BCUT2D eigenvalue weighted by Crippen LogP contribution is -2.32. The summed E-state index contributed by atoms with van der Waals surface area (Å²) < 4.78 is 22.6. The van der Waals surface area contributed by atoms with Gasteiger partial charge in [0.05, 0.1) is 16.3 Å². The normalized spacial score (nSPS) is 19.4. The van der Waals surface area contributed by atoms with Crippen LogP contribution >= 0.6 is 11.6 Å². The van der Waals surface area contributed by atoms with Crippen LogP contribution < -0.4 is 10.0 Å². The smallest absolute Gasteiger partial charge is 0.337 e. The molecule has 1 amide bonds. The van der Waals surface area contributed by atoms with Gasteiger partial charge in [-0.25, -0.2) is 18.4 Å². The van der Waals surface area contributed by atoms with Gasteiger partial charge in [-0.15, -0.1) is 0 Å². The zero-order valence-electron chi connectivity index (χ0n) is 10.1. The highest BCUT2D eigenvalue weighted by Gasteiger charge is 2.39. The Balaban J connectivity index is 2.48. The van der Waals surface area contributed by atoms with Crippen molar-refractivity contribution in [2.24, 2.45) is 5.14 Å². The first-order valence-electron chi connectivity index (χ1n) is 5.55. The van der Waals surface area contributed by atoms with Crippen LogP contribution in [0.3, 0.4) is 0 Å². The van der Waals surface area contributed by atoms with Crippen molar-refractivity contribution in [3.05, 3.63) is 28.8 Å². The number of rotatable bonds is 3. The van der Waals surface area contributed by atoms with E-state index >= 15 is 0 Å². The fourth-order valence-electron chi connectivity index (χ4n) is 2.07. The average molecular weight is 319 g/mol. The van der Waals surface area contributed by atoms with E-state index in [0.29, 0.717) is 0 Å². The fraction of sp³-hybridized carbons (Fsp3) is 0.273. The maximum Gasteiger partial charge on any atom is 0.337 e. The molecular weight excluding hydrogens is 308 g/mol. The minimum absolute atomic E-state index is 0.00202. The molecule has 7 nitrogen and oxygen atoms in total. The van der Waals surface area contributed by atoms with E-state index in [9.17, 15) is 18.0 Å². The van der Waals surface area contributed by atoms with Crippen molar-refractivity contribution in [3.63, 3.8) is 0 Å². The molecule has 0 spiro atoms. The lowest BCUT2D eigenvalue weighted by atomic mass is 10.1. The third kappa shape index (κ3) is 2.62. The van der Waals surface area contributed by atoms with Crippen molar-refractivity contribution in [1.82, 2.24) is 0 Å². The van der Waals surface area contributed by atoms with Crippen molar-refractivity contribution in [3.8, 4) is 0 Å². The Labute approximate surface area is 120 Å². The summed E-state index contributed by atoms with van der Waals surface area (Å²) >= 11 is 5.94. The monoisotopic (exact) mass is 318 g/mol. The summed E-state index contributed by atoms with van der Waals surface area (Å²) in [6.45, 7) is -0.207. The van der Waals surface area contributed by atoms with Gasteiger partial charge in [0.25, 0.3) is 0 Å². The maximum absolute atomic E-state index is 11.9. The number of anilines is 1. The van der Waals surface area contributed by atoms with E-state index in [0.717, 1.165) is 4.90 Å². The predicted molar refractivity (Wildman–Crippen MR) is 72.3 cm³/mol. The van der Waals surface area contributed by atoms with Crippen LogP contribution in [0, 0.1) is 0 Å². The fourth-order valence-corrected chi connectivity index (χ4v) is 3.08. The molecule has 0 aliphatic carbocycles. The van der Waals surface area contributed by atoms with Crippen molar-refractivity contribution in [2.45, 2.75) is 11.7 Å². The Morgan fingerprint density at radius 1 is 1.45 bits per heavy atom. The van der Waals surface area contributed by atoms with Crippen molar-refractivity contribution < 1.29 is 23.1 Å². The Morgan fingerprint density at radius 2 is 2.10 bits per heavy atom. The summed E-state index contributed by atoms with van der Waals surface area (Å²) in [6, 6.07) is 4.16. The molecule has 1 unspecified atom stereocenters. The van der Waals surface area contributed by atoms with Crippen molar-refractivity contribution >= 4 is 39.2 Å². The van der Waals surface area contributed by atoms with Crippen LogP contribution in [0.25, 0.3) is 0 Å².